The van der Waals surface area contributed by atoms with Gasteiger partial charge in [0.05, 0.1) is 10.6 Å². The van der Waals surface area contributed by atoms with Gasteiger partial charge in [-0.15, -0.1) is 11.8 Å². The number of thioether (sulfide) groups is 1. The van der Waals surface area contributed by atoms with Gasteiger partial charge in [0.15, 0.2) is 0 Å². The van der Waals surface area contributed by atoms with E-state index in [9.17, 15) is 10.1 Å². The molecule has 18 heavy (non-hydrogen) atoms. The lowest BCUT2D eigenvalue weighted by Crippen LogP contribution is -1.91. The summed E-state index contributed by atoms with van der Waals surface area (Å²) in [7, 11) is 0. The van der Waals surface area contributed by atoms with E-state index in [1.807, 2.05) is 6.07 Å². The van der Waals surface area contributed by atoms with Crippen LogP contribution in [0.5, 0.6) is 0 Å². The van der Waals surface area contributed by atoms with Gasteiger partial charge in [0, 0.05) is 34.7 Å². The van der Waals surface area contributed by atoms with Gasteiger partial charge in [-0.3, -0.25) is 15.1 Å². The summed E-state index contributed by atoms with van der Waals surface area (Å²) >= 11 is 1.56. The molecule has 0 aliphatic heterocycles. The summed E-state index contributed by atoms with van der Waals surface area (Å²) in [5.74, 6) is 0.683. The van der Waals surface area contributed by atoms with E-state index in [1.165, 1.54) is 12.1 Å². The van der Waals surface area contributed by atoms with Crippen LogP contribution in [0.4, 0.5) is 11.4 Å². The minimum absolute atomic E-state index is 0.0985. The second-order valence-electron chi connectivity index (χ2n) is 3.62. The Morgan fingerprint density at radius 2 is 2.00 bits per heavy atom. The minimum Gasteiger partial charge on any atom is -0.399 e. The van der Waals surface area contributed by atoms with Crippen LogP contribution in [0.15, 0.2) is 47.5 Å². The van der Waals surface area contributed by atoms with Crippen LogP contribution in [0.1, 0.15) is 5.69 Å². The fourth-order valence-electron chi connectivity index (χ4n) is 1.40. The molecule has 0 spiro atoms. The third kappa shape index (κ3) is 3.21. The molecule has 6 heteroatoms. The summed E-state index contributed by atoms with van der Waals surface area (Å²) < 4.78 is 0. The van der Waals surface area contributed by atoms with Crippen molar-refractivity contribution >= 4 is 23.1 Å². The molecule has 0 saturated heterocycles. The van der Waals surface area contributed by atoms with Crippen LogP contribution in [0.3, 0.4) is 0 Å². The number of nitro groups is 1. The lowest BCUT2D eigenvalue weighted by Gasteiger charge is -2.02. The first-order valence-electron chi connectivity index (χ1n) is 5.23. The normalized spacial score (nSPS) is 10.2. The number of nitrogens with zero attached hydrogens (tertiary/aromatic N) is 2. The number of hydrogen-bond acceptors (Lipinski definition) is 5. The number of rotatable bonds is 4. The van der Waals surface area contributed by atoms with Crippen molar-refractivity contribution in [3.8, 4) is 0 Å². The molecule has 0 fully saturated rings. The Labute approximate surface area is 108 Å². The molecule has 0 saturated carbocycles. The van der Waals surface area contributed by atoms with Gasteiger partial charge in [-0.2, -0.15) is 0 Å². The summed E-state index contributed by atoms with van der Waals surface area (Å²) in [6.07, 6.45) is 1.67. The van der Waals surface area contributed by atoms with E-state index in [4.69, 9.17) is 5.73 Å². The van der Waals surface area contributed by atoms with E-state index in [1.54, 1.807) is 36.2 Å². The van der Waals surface area contributed by atoms with Crippen molar-refractivity contribution in [2.75, 3.05) is 5.73 Å². The standard InChI is InChI=1S/C12H11N3O2S/c13-9-5-6-14-10(7-9)8-18-12-3-1-11(2-4-12)15(16)17/h1-7H,8H2,(H2,13,14). The number of aromatic nitrogens is 1. The minimum atomic E-state index is -0.409. The zero-order chi connectivity index (χ0) is 13.0. The van der Waals surface area contributed by atoms with Crippen molar-refractivity contribution in [3.05, 3.63) is 58.4 Å². The molecular weight excluding hydrogens is 250 g/mol. The number of nitro benzene ring substituents is 1. The molecule has 0 aliphatic rings. The highest BCUT2D eigenvalue weighted by molar-refractivity contribution is 7.98. The van der Waals surface area contributed by atoms with Crippen LogP contribution in [0, 0.1) is 10.1 Å². The second kappa shape index (κ2) is 5.50. The summed E-state index contributed by atoms with van der Waals surface area (Å²) in [6.45, 7) is 0. The largest absolute Gasteiger partial charge is 0.399 e. The van der Waals surface area contributed by atoms with E-state index in [0.717, 1.165) is 10.6 Å². The van der Waals surface area contributed by atoms with Crippen molar-refractivity contribution in [3.63, 3.8) is 0 Å². The molecule has 1 heterocycles. The van der Waals surface area contributed by atoms with Crippen LogP contribution >= 0.6 is 11.8 Å². The van der Waals surface area contributed by atoms with Gasteiger partial charge < -0.3 is 5.73 Å². The van der Waals surface area contributed by atoms with Crippen molar-refractivity contribution in [2.24, 2.45) is 0 Å². The molecule has 0 aliphatic carbocycles. The van der Waals surface area contributed by atoms with Gasteiger partial charge >= 0.3 is 0 Å². The van der Waals surface area contributed by atoms with Crippen molar-refractivity contribution in [1.82, 2.24) is 4.98 Å². The van der Waals surface area contributed by atoms with E-state index in [0.29, 0.717) is 11.4 Å². The van der Waals surface area contributed by atoms with Gasteiger partial charge in [-0.25, -0.2) is 0 Å². The molecule has 2 aromatic rings. The number of pyridine rings is 1. The van der Waals surface area contributed by atoms with Crippen molar-refractivity contribution in [1.29, 1.82) is 0 Å². The quantitative estimate of drug-likeness (QED) is 0.520. The summed E-state index contributed by atoms with van der Waals surface area (Å²) in [6, 6.07) is 10.0. The number of nitrogens with two attached hydrogens (primary N) is 1. The van der Waals surface area contributed by atoms with Gasteiger partial charge in [-0.05, 0) is 24.3 Å². The molecule has 0 amide bonds. The predicted octanol–water partition coefficient (Wildman–Crippen LogP) is 2.86. The smallest absolute Gasteiger partial charge is 0.269 e. The molecule has 5 nitrogen and oxygen atoms in total. The predicted molar refractivity (Wildman–Crippen MR) is 71.3 cm³/mol. The molecule has 1 aromatic carbocycles. The first-order valence-corrected chi connectivity index (χ1v) is 6.21. The van der Waals surface area contributed by atoms with Crippen molar-refractivity contribution < 1.29 is 4.92 Å². The van der Waals surface area contributed by atoms with Gasteiger partial charge in [0.25, 0.3) is 5.69 Å². The molecule has 0 unspecified atom stereocenters. The average Bonchev–Trinajstić information content (AvgIpc) is 2.37. The third-order valence-corrected chi connectivity index (χ3v) is 3.32. The lowest BCUT2D eigenvalue weighted by atomic mass is 10.3. The van der Waals surface area contributed by atoms with Crippen LogP contribution < -0.4 is 5.73 Å². The molecule has 2 N–H and O–H groups in total. The summed E-state index contributed by atoms with van der Waals surface area (Å²) in [5, 5.41) is 10.5. The maximum atomic E-state index is 10.5. The van der Waals surface area contributed by atoms with Crippen LogP contribution in [0.2, 0.25) is 0 Å². The van der Waals surface area contributed by atoms with Crippen molar-refractivity contribution in [2.45, 2.75) is 10.6 Å². The fraction of sp³-hybridized carbons (Fsp3) is 0.0833. The molecule has 92 valence electrons. The number of non-ortho nitro benzene ring substituents is 1. The Balaban J connectivity index is 2.00. The fourth-order valence-corrected chi connectivity index (χ4v) is 2.20. The zero-order valence-corrected chi connectivity index (χ0v) is 10.3. The Hall–Kier alpha value is -2.08. The first-order chi connectivity index (χ1) is 8.65. The summed E-state index contributed by atoms with van der Waals surface area (Å²) in [4.78, 5) is 15.2. The molecule has 1 aromatic heterocycles. The highest BCUT2D eigenvalue weighted by Gasteiger charge is 2.04. The van der Waals surface area contributed by atoms with Gasteiger partial charge in [-0.1, -0.05) is 0 Å². The monoisotopic (exact) mass is 261 g/mol. The first kappa shape index (κ1) is 12.4. The topological polar surface area (TPSA) is 82.0 Å². The van der Waals surface area contributed by atoms with Crippen LogP contribution in [-0.2, 0) is 5.75 Å². The summed E-state index contributed by atoms with van der Waals surface area (Å²) in [5.41, 5.74) is 7.33. The Kier molecular flexibility index (Phi) is 3.78. The maximum absolute atomic E-state index is 10.5. The number of hydrogen-bond donors (Lipinski definition) is 1. The average molecular weight is 261 g/mol. The lowest BCUT2D eigenvalue weighted by molar-refractivity contribution is -0.384. The second-order valence-corrected chi connectivity index (χ2v) is 4.67. The number of anilines is 1. The molecule has 0 atom stereocenters. The Morgan fingerprint density at radius 3 is 2.61 bits per heavy atom. The van der Waals surface area contributed by atoms with E-state index in [-0.39, 0.29) is 5.69 Å². The van der Waals surface area contributed by atoms with Crippen LogP contribution in [-0.4, -0.2) is 9.91 Å². The highest BCUT2D eigenvalue weighted by Crippen LogP contribution is 2.24. The van der Waals surface area contributed by atoms with E-state index < -0.39 is 4.92 Å². The molecule has 0 radical (unpaired) electrons. The Bertz CT molecular complexity index is 558. The van der Waals surface area contributed by atoms with E-state index >= 15 is 0 Å². The molecule has 2 rings (SSSR count). The number of benzene rings is 1. The van der Waals surface area contributed by atoms with E-state index in [2.05, 4.69) is 4.98 Å². The molecular formula is C12H11N3O2S. The number of nitrogen functional groups attached to an aromatic ring is 1. The zero-order valence-electron chi connectivity index (χ0n) is 9.45. The Morgan fingerprint density at radius 1 is 1.28 bits per heavy atom. The van der Waals surface area contributed by atoms with Gasteiger partial charge in [0.1, 0.15) is 0 Å². The SMILES string of the molecule is Nc1ccnc(CSc2ccc([N+](=O)[O-])cc2)c1. The van der Waals surface area contributed by atoms with Gasteiger partial charge in [0.2, 0.25) is 0 Å². The molecule has 0 bridgehead atoms. The third-order valence-electron chi connectivity index (χ3n) is 2.27. The maximum Gasteiger partial charge on any atom is 0.269 e. The van der Waals surface area contributed by atoms with Crippen LogP contribution in [0.25, 0.3) is 0 Å². The highest BCUT2D eigenvalue weighted by atomic mass is 32.2.